The normalized spacial score (nSPS) is 18.4. The number of amides is 3. The molecule has 0 aliphatic carbocycles. The Morgan fingerprint density at radius 1 is 1.04 bits per heavy atom. The van der Waals surface area contributed by atoms with Gasteiger partial charge in [-0.25, -0.2) is 0 Å². The molecule has 0 spiro atoms. The number of rotatable bonds is 10. The molecule has 252 valence electrons. The number of hydrogen-bond acceptors (Lipinski definition) is 8. The Hall–Kier alpha value is -4.12. The Morgan fingerprint density at radius 3 is 2.54 bits per heavy atom. The second-order valence-electron chi connectivity index (χ2n) is 12.0. The first-order chi connectivity index (χ1) is 22.2. The number of benzene rings is 2. The molecule has 0 radical (unpaired) electrons. The summed E-state index contributed by atoms with van der Waals surface area (Å²) in [6.07, 6.45) is 2.12. The molecular formula is C35H49N3O8. The van der Waals surface area contributed by atoms with Crippen LogP contribution in [0, 0.1) is 11.3 Å². The number of nitrogens with one attached hydrogen (secondary N) is 2. The Labute approximate surface area is 272 Å². The summed E-state index contributed by atoms with van der Waals surface area (Å²) in [5.74, 6) is -0.0669. The third-order valence-electron chi connectivity index (χ3n) is 7.89. The first-order valence-electron chi connectivity index (χ1n) is 16.1. The lowest BCUT2D eigenvalue weighted by Crippen LogP contribution is -2.46. The van der Waals surface area contributed by atoms with E-state index in [-0.39, 0.29) is 69.6 Å². The lowest BCUT2D eigenvalue weighted by Gasteiger charge is -2.33. The van der Waals surface area contributed by atoms with E-state index in [1.54, 1.807) is 24.0 Å². The number of fused-ring (bicyclic) bond motifs is 16. The monoisotopic (exact) mass is 639 g/mol. The third kappa shape index (κ3) is 11.7. The van der Waals surface area contributed by atoms with Crippen LogP contribution in [0.4, 0.5) is 0 Å². The van der Waals surface area contributed by atoms with Gasteiger partial charge in [-0.1, -0.05) is 50.2 Å². The van der Waals surface area contributed by atoms with Crippen LogP contribution in [0.5, 0.6) is 11.5 Å². The fraction of sp³-hybridized carbons (Fsp3) is 0.543. The molecule has 2 aliphatic heterocycles. The van der Waals surface area contributed by atoms with Crippen molar-refractivity contribution in [1.82, 2.24) is 15.5 Å². The molecule has 3 amide bonds. The Balaban J connectivity index is 1.81. The van der Waals surface area contributed by atoms with Crippen molar-refractivity contribution in [2.45, 2.75) is 59.5 Å². The molecule has 0 saturated carbocycles. The number of methoxy groups -OCH3 is 1. The van der Waals surface area contributed by atoms with Gasteiger partial charge in [0.05, 0.1) is 25.7 Å². The molecule has 4 rings (SSSR count). The van der Waals surface area contributed by atoms with Crippen molar-refractivity contribution >= 4 is 23.7 Å². The smallest absolute Gasteiger partial charge is 0.314 e. The van der Waals surface area contributed by atoms with Crippen LogP contribution in [0.25, 0.3) is 0 Å². The standard InChI is InChI=1S/C35H49N3O8/c1-5-45-34(42)35(16-15-26(2)3)21-28-13-14-29(30(20-28)43-4)46-23-32(40)36-17-19-38(18-9-12-31(39)37-25-35)33(41)24-44-22-27-10-7-6-8-11-27/h6-8,10-11,13-14,20,26H,5,9,12,15-19,21-25H2,1-4H3,(H,36,40)(H,37,39). The molecule has 11 heteroatoms. The van der Waals surface area contributed by atoms with Crippen LogP contribution in [0.2, 0.25) is 0 Å². The minimum absolute atomic E-state index is 0.104. The topological polar surface area (TPSA) is 133 Å². The summed E-state index contributed by atoms with van der Waals surface area (Å²) < 4.78 is 22.6. The number of ether oxygens (including phenoxy) is 4. The average molecular weight is 640 g/mol. The number of carbonyl (C=O) groups is 4. The van der Waals surface area contributed by atoms with Crippen molar-refractivity contribution in [2.24, 2.45) is 11.3 Å². The van der Waals surface area contributed by atoms with Gasteiger partial charge in [0.2, 0.25) is 11.8 Å². The van der Waals surface area contributed by atoms with Crippen molar-refractivity contribution in [2.75, 3.05) is 53.1 Å². The summed E-state index contributed by atoms with van der Waals surface area (Å²) in [4.78, 5) is 54.0. The maximum Gasteiger partial charge on any atom is 0.314 e. The van der Waals surface area contributed by atoms with Crippen molar-refractivity contribution in [3.63, 3.8) is 0 Å². The van der Waals surface area contributed by atoms with Gasteiger partial charge in [0, 0.05) is 32.6 Å². The molecule has 1 unspecified atom stereocenters. The summed E-state index contributed by atoms with van der Waals surface area (Å²) in [6.45, 7) is 6.91. The lowest BCUT2D eigenvalue weighted by atomic mass is 9.76. The summed E-state index contributed by atoms with van der Waals surface area (Å²) in [5.41, 5.74) is 0.749. The van der Waals surface area contributed by atoms with Crippen molar-refractivity contribution in [3.8, 4) is 11.5 Å². The molecule has 2 aromatic carbocycles. The van der Waals surface area contributed by atoms with E-state index in [9.17, 15) is 19.2 Å². The van der Waals surface area contributed by atoms with E-state index >= 15 is 0 Å². The zero-order valence-electron chi connectivity index (χ0n) is 27.6. The molecular weight excluding hydrogens is 590 g/mol. The summed E-state index contributed by atoms with van der Waals surface area (Å²) in [6, 6.07) is 14.9. The predicted molar refractivity (Wildman–Crippen MR) is 173 cm³/mol. The van der Waals surface area contributed by atoms with E-state index in [0.29, 0.717) is 49.8 Å². The minimum atomic E-state index is -1.01. The average Bonchev–Trinajstić information content (AvgIpc) is 3.04. The third-order valence-corrected chi connectivity index (χ3v) is 7.89. The van der Waals surface area contributed by atoms with Crippen molar-refractivity contribution in [3.05, 3.63) is 59.7 Å². The van der Waals surface area contributed by atoms with Crippen LogP contribution >= 0.6 is 0 Å². The van der Waals surface area contributed by atoms with Gasteiger partial charge in [0.25, 0.3) is 5.91 Å². The van der Waals surface area contributed by atoms with Gasteiger partial charge < -0.3 is 34.5 Å². The van der Waals surface area contributed by atoms with Crippen LogP contribution < -0.4 is 20.1 Å². The molecule has 2 aliphatic rings. The van der Waals surface area contributed by atoms with Gasteiger partial charge in [-0.05, 0) is 61.8 Å². The molecule has 0 fully saturated rings. The molecule has 2 heterocycles. The SMILES string of the molecule is CCOC(=O)C1(CCC(C)C)CNC(=O)CCCN(C(=O)COCc2ccccc2)CCNC(=O)COc2ccc(cc2OC)C1. The zero-order chi connectivity index (χ0) is 33.4. The lowest BCUT2D eigenvalue weighted by molar-refractivity contribution is -0.156. The summed E-state index contributed by atoms with van der Waals surface area (Å²) in [5, 5.41) is 5.78. The summed E-state index contributed by atoms with van der Waals surface area (Å²) in [7, 11) is 1.51. The first kappa shape index (κ1) is 36.3. The maximum atomic E-state index is 13.6. The number of nitrogens with zero attached hydrogens (tertiary/aromatic N) is 1. The Kier molecular flexibility index (Phi) is 14.8. The van der Waals surface area contributed by atoms with E-state index in [0.717, 1.165) is 17.5 Å². The predicted octanol–water partition coefficient (Wildman–Crippen LogP) is 3.67. The van der Waals surface area contributed by atoms with E-state index in [1.807, 2.05) is 36.4 Å². The molecule has 11 nitrogen and oxygen atoms in total. The molecule has 1 atom stereocenters. The first-order valence-corrected chi connectivity index (χ1v) is 16.1. The second kappa shape index (κ2) is 18.8. The van der Waals surface area contributed by atoms with Gasteiger partial charge >= 0.3 is 5.97 Å². The minimum Gasteiger partial charge on any atom is -0.493 e. The number of hydrogen-bond donors (Lipinski definition) is 2. The van der Waals surface area contributed by atoms with Crippen LogP contribution in [0.1, 0.15) is 57.6 Å². The largest absolute Gasteiger partial charge is 0.493 e. The van der Waals surface area contributed by atoms with E-state index < -0.39 is 5.41 Å². The number of esters is 1. The zero-order valence-corrected chi connectivity index (χ0v) is 27.6. The van der Waals surface area contributed by atoms with E-state index in [1.165, 1.54) is 7.11 Å². The van der Waals surface area contributed by atoms with Gasteiger partial charge in [0.1, 0.15) is 6.61 Å². The quantitative estimate of drug-likeness (QED) is 0.297. The van der Waals surface area contributed by atoms with Crippen LogP contribution in [-0.4, -0.2) is 81.7 Å². The van der Waals surface area contributed by atoms with Crippen LogP contribution in [-0.2, 0) is 41.7 Å². The summed E-state index contributed by atoms with van der Waals surface area (Å²) >= 11 is 0. The highest BCUT2D eigenvalue weighted by Gasteiger charge is 2.40. The molecule has 0 saturated heterocycles. The van der Waals surface area contributed by atoms with Gasteiger partial charge in [0.15, 0.2) is 18.1 Å². The fourth-order valence-corrected chi connectivity index (χ4v) is 5.26. The Morgan fingerprint density at radius 2 is 1.83 bits per heavy atom. The van der Waals surface area contributed by atoms with Gasteiger partial charge in [-0.15, -0.1) is 0 Å². The maximum absolute atomic E-state index is 13.6. The van der Waals surface area contributed by atoms with E-state index in [4.69, 9.17) is 18.9 Å². The van der Waals surface area contributed by atoms with Gasteiger partial charge in [-0.3, -0.25) is 19.2 Å². The van der Waals surface area contributed by atoms with Crippen LogP contribution in [0.15, 0.2) is 48.5 Å². The molecule has 46 heavy (non-hydrogen) atoms. The van der Waals surface area contributed by atoms with Crippen molar-refractivity contribution in [1.29, 1.82) is 0 Å². The highest BCUT2D eigenvalue weighted by Crippen LogP contribution is 2.35. The van der Waals surface area contributed by atoms with Crippen molar-refractivity contribution < 1.29 is 38.1 Å². The molecule has 2 bridgehead atoms. The fourth-order valence-electron chi connectivity index (χ4n) is 5.26. The van der Waals surface area contributed by atoms with Gasteiger partial charge in [-0.2, -0.15) is 0 Å². The molecule has 2 N–H and O–H groups in total. The molecule has 2 aromatic rings. The highest BCUT2D eigenvalue weighted by atomic mass is 16.5. The highest BCUT2D eigenvalue weighted by molar-refractivity contribution is 5.81. The Bertz CT molecular complexity index is 1290. The number of carbonyl (C=O) groups excluding carboxylic acids is 4. The second-order valence-corrected chi connectivity index (χ2v) is 12.0. The van der Waals surface area contributed by atoms with Crippen LogP contribution in [0.3, 0.4) is 0 Å². The molecule has 0 aromatic heterocycles. The van der Waals surface area contributed by atoms with E-state index in [2.05, 4.69) is 24.5 Å².